The Hall–Kier alpha value is -1.18. The van der Waals surface area contributed by atoms with Crippen LogP contribution in [0.25, 0.3) is 9.53 Å². The zero-order chi connectivity index (χ0) is 17.6. The number of hydrogen-bond donors (Lipinski definition) is 1. The van der Waals surface area contributed by atoms with Crippen LogP contribution < -0.4 is 10.2 Å². The lowest BCUT2D eigenvalue weighted by Gasteiger charge is -2.35. The van der Waals surface area contributed by atoms with Gasteiger partial charge in [0, 0.05) is 38.3 Å². The first-order valence-corrected chi connectivity index (χ1v) is 10.9. The summed E-state index contributed by atoms with van der Waals surface area (Å²) in [6.07, 6.45) is 4.69. The van der Waals surface area contributed by atoms with E-state index in [9.17, 15) is 4.79 Å². The van der Waals surface area contributed by atoms with Gasteiger partial charge in [-0.1, -0.05) is 11.3 Å². The summed E-state index contributed by atoms with van der Waals surface area (Å²) in [7, 11) is 1.97. The number of thiazole rings is 1. The van der Waals surface area contributed by atoms with Crippen LogP contribution in [0.4, 0.5) is 5.13 Å². The van der Waals surface area contributed by atoms with E-state index in [1.165, 1.54) is 24.2 Å². The van der Waals surface area contributed by atoms with E-state index in [4.69, 9.17) is 4.98 Å². The topological polar surface area (TPSA) is 48.5 Å². The summed E-state index contributed by atoms with van der Waals surface area (Å²) >= 11 is 3.24. The van der Waals surface area contributed by atoms with Crippen molar-refractivity contribution in [3.05, 3.63) is 10.9 Å². The number of carbonyl (C=O) groups excluding carboxylic acids is 1. The molecule has 0 saturated carbocycles. The lowest BCUT2D eigenvalue weighted by molar-refractivity contribution is 0.0686. The molecule has 0 spiro atoms. The first kappa shape index (κ1) is 17.2. The van der Waals surface area contributed by atoms with Crippen LogP contribution in [-0.2, 0) is 0 Å². The lowest BCUT2D eigenvalue weighted by Crippen LogP contribution is -2.48. The molecule has 2 aliphatic heterocycles. The van der Waals surface area contributed by atoms with Crippen LogP contribution in [0, 0.1) is 0 Å². The van der Waals surface area contributed by atoms with Crippen molar-refractivity contribution in [2.45, 2.75) is 57.7 Å². The van der Waals surface area contributed by atoms with Gasteiger partial charge in [-0.05, 0) is 45.6 Å². The molecule has 5 nitrogen and oxygen atoms in total. The standard InChI is InChI=1S/C18H26N4OS2/c1-4-22(5-2)18-20-16-14(25-18)10-15(24-16)17(23)21(3)13-8-11-6-7-12(9-13)19-11/h10-13,19H,4-9H2,1-3H3. The fraction of sp³-hybridized carbons (Fsp3) is 0.667. The van der Waals surface area contributed by atoms with Crippen LogP contribution in [0.1, 0.15) is 49.2 Å². The van der Waals surface area contributed by atoms with Crippen molar-refractivity contribution in [3.8, 4) is 0 Å². The molecule has 25 heavy (non-hydrogen) atoms. The minimum atomic E-state index is 0.158. The molecule has 0 aliphatic carbocycles. The Morgan fingerprint density at radius 3 is 2.52 bits per heavy atom. The van der Waals surface area contributed by atoms with E-state index >= 15 is 0 Å². The molecule has 0 aromatic carbocycles. The second-order valence-electron chi connectivity index (χ2n) is 7.13. The molecule has 1 N–H and O–H groups in total. The second-order valence-corrected chi connectivity index (χ2v) is 9.17. The third kappa shape index (κ3) is 3.17. The van der Waals surface area contributed by atoms with Crippen LogP contribution in [0.15, 0.2) is 6.07 Å². The molecule has 2 fully saturated rings. The monoisotopic (exact) mass is 378 g/mol. The molecule has 136 valence electrons. The molecule has 2 bridgehead atoms. The molecule has 4 rings (SSSR count). The predicted octanol–water partition coefficient (Wildman–Crippen LogP) is 3.56. The van der Waals surface area contributed by atoms with E-state index in [1.807, 2.05) is 18.0 Å². The maximum atomic E-state index is 13.0. The van der Waals surface area contributed by atoms with Crippen LogP contribution in [0.5, 0.6) is 0 Å². The zero-order valence-corrected chi connectivity index (χ0v) is 16.8. The number of nitrogens with zero attached hydrogens (tertiary/aromatic N) is 3. The van der Waals surface area contributed by atoms with E-state index in [0.717, 1.165) is 45.5 Å². The van der Waals surface area contributed by atoms with Crippen molar-refractivity contribution < 1.29 is 4.79 Å². The Morgan fingerprint density at radius 2 is 1.92 bits per heavy atom. The number of amides is 1. The van der Waals surface area contributed by atoms with E-state index in [1.54, 1.807) is 11.3 Å². The Kier molecular flexibility index (Phi) is 4.73. The maximum Gasteiger partial charge on any atom is 0.264 e. The lowest BCUT2D eigenvalue weighted by atomic mass is 9.98. The summed E-state index contributed by atoms with van der Waals surface area (Å²) < 4.78 is 1.13. The maximum absolute atomic E-state index is 13.0. The first-order valence-electron chi connectivity index (χ1n) is 9.27. The number of anilines is 1. The molecule has 4 heterocycles. The highest BCUT2D eigenvalue weighted by Gasteiger charge is 2.36. The van der Waals surface area contributed by atoms with Crippen molar-refractivity contribution in [2.24, 2.45) is 0 Å². The number of hydrogen-bond acceptors (Lipinski definition) is 6. The van der Waals surface area contributed by atoms with Gasteiger partial charge in [0.2, 0.25) is 0 Å². The van der Waals surface area contributed by atoms with Gasteiger partial charge in [0.25, 0.3) is 5.91 Å². The number of fused-ring (bicyclic) bond motifs is 3. The van der Waals surface area contributed by atoms with Gasteiger partial charge in [-0.3, -0.25) is 4.79 Å². The molecule has 1 amide bonds. The van der Waals surface area contributed by atoms with E-state index < -0.39 is 0 Å². The summed E-state index contributed by atoms with van der Waals surface area (Å²) in [5.41, 5.74) is 0. The Balaban J connectivity index is 1.50. The molecule has 2 aromatic heterocycles. The highest BCUT2D eigenvalue weighted by Crippen LogP contribution is 2.36. The highest BCUT2D eigenvalue weighted by molar-refractivity contribution is 7.29. The normalized spacial score (nSPS) is 25.5. The number of aromatic nitrogens is 1. The van der Waals surface area contributed by atoms with Crippen LogP contribution in [0.2, 0.25) is 0 Å². The van der Waals surface area contributed by atoms with Crippen molar-refractivity contribution in [3.63, 3.8) is 0 Å². The molecule has 2 atom stereocenters. The predicted molar refractivity (Wildman–Crippen MR) is 106 cm³/mol. The van der Waals surface area contributed by atoms with Crippen molar-refractivity contribution >= 4 is 43.2 Å². The summed E-state index contributed by atoms with van der Waals surface area (Å²) in [6.45, 7) is 6.22. The molecular formula is C18H26N4OS2. The minimum Gasteiger partial charge on any atom is -0.349 e. The number of carbonyl (C=O) groups is 1. The van der Waals surface area contributed by atoms with Crippen molar-refractivity contribution in [2.75, 3.05) is 25.0 Å². The van der Waals surface area contributed by atoms with Gasteiger partial charge >= 0.3 is 0 Å². The summed E-state index contributed by atoms with van der Waals surface area (Å²) in [4.78, 5) is 23.8. The molecule has 0 radical (unpaired) electrons. The SMILES string of the molecule is CCN(CC)c1nc2sc(C(=O)N(C)C3CC4CCC(C3)N4)cc2s1. The Morgan fingerprint density at radius 1 is 1.24 bits per heavy atom. The Labute approximate surface area is 157 Å². The largest absolute Gasteiger partial charge is 0.349 e. The van der Waals surface area contributed by atoms with E-state index in [0.29, 0.717) is 18.1 Å². The minimum absolute atomic E-state index is 0.158. The first-order chi connectivity index (χ1) is 12.1. The average molecular weight is 379 g/mol. The fourth-order valence-corrected chi connectivity index (χ4v) is 6.46. The zero-order valence-electron chi connectivity index (χ0n) is 15.1. The highest BCUT2D eigenvalue weighted by atomic mass is 32.1. The van der Waals surface area contributed by atoms with Gasteiger partial charge in [-0.25, -0.2) is 4.98 Å². The average Bonchev–Trinajstić information content (AvgIpc) is 3.27. The summed E-state index contributed by atoms with van der Waals surface area (Å²) in [6, 6.07) is 3.61. The van der Waals surface area contributed by atoms with Crippen molar-refractivity contribution in [1.82, 2.24) is 15.2 Å². The van der Waals surface area contributed by atoms with E-state index in [-0.39, 0.29) is 5.91 Å². The fourth-order valence-electron chi connectivity index (χ4n) is 4.14. The third-order valence-corrected chi connectivity index (χ3v) is 7.85. The van der Waals surface area contributed by atoms with Gasteiger partial charge < -0.3 is 15.1 Å². The van der Waals surface area contributed by atoms with Crippen LogP contribution in [-0.4, -0.2) is 54.1 Å². The van der Waals surface area contributed by atoms with Gasteiger partial charge in [0.1, 0.15) is 4.83 Å². The number of rotatable bonds is 5. The van der Waals surface area contributed by atoms with Gasteiger partial charge in [-0.2, -0.15) is 0 Å². The van der Waals surface area contributed by atoms with Gasteiger partial charge in [0.15, 0.2) is 5.13 Å². The van der Waals surface area contributed by atoms with E-state index in [2.05, 4.69) is 24.1 Å². The Bertz CT molecular complexity index is 723. The van der Waals surface area contributed by atoms with Crippen LogP contribution in [0.3, 0.4) is 0 Å². The summed E-state index contributed by atoms with van der Waals surface area (Å²) in [5, 5.41) is 4.71. The smallest absolute Gasteiger partial charge is 0.264 e. The molecule has 7 heteroatoms. The third-order valence-electron chi connectivity index (χ3n) is 5.64. The number of piperidine rings is 1. The molecule has 2 aliphatic rings. The van der Waals surface area contributed by atoms with Crippen molar-refractivity contribution in [1.29, 1.82) is 0 Å². The second kappa shape index (κ2) is 6.85. The quantitative estimate of drug-likeness (QED) is 0.864. The summed E-state index contributed by atoms with van der Waals surface area (Å²) in [5.74, 6) is 0.158. The molecule has 2 unspecified atom stereocenters. The number of nitrogens with one attached hydrogen (secondary N) is 1. The molecule has 2 saturated heterocycles. The van der Waals surface area contributed by atoms with Gasteiger partial charge in [-0.15, -0.1) is 11.3 Å². The molecule has 2 aromatic rings. The molecular weight excluding hydrogens is 352 g/mol. The van der Waals surface area contributed by atoms with Gasteiger partial charge in [0.05, 0.1) is 9.58 Å². The van der Waals surface area contributed by atoms with Crippen LogP contribution >= 0.6 is 22.7 Å². The number of thiophene rings is 1.